The van der Waals surface area contributed by atoms with E-state index in [9.17, 15) is 9.59 Å². The molecule has 0 spiro atoms. The summed E-state index contributed by atoms with van der Waals surface area (Å²) in [5, 5.41) is 0. The van der Waals surface area contributed by atoms with Crippen LogP contribution in [0.4, 0.5) is 0 Å². The second kappa shape index (κ2) is 8.40. The number of ether oxygens (including phenoxy) is 2. The molecule has 4 heteroatoms. The fourth-order valence-corrected chi connectivity index (χ4v) is 1.38. The van der Waals surface area contributed by atoms with E-state index in [1.807, 2.05) is 0 Å². The second-order valence-corrected chi connectivity index (χ2v) is 3.59. The first-order valence-electron chi connectivity index (χ1n) is 5.36. The Kier molecular flexibility index (Phi) is 7.53. The lowest BCUT2D eigenvalue weighted by Gasteiger charge is -2.11. The van der Waals surface area contributed by atoms with Crippen molar-refractivity contribution in [1.82, 2.24) is 0 Å². The van der Waals surface area contributed by atoms with E-state index in [2.05, 4.69) is 22.0 Å². The zero-order chi connectivity index (χ0) is 13.3. The summed E-state index contributed by atoms with van der Waals surface area (Å²) >= 11 is 0. The topological polar surface area (TPSA) is 52.6 Å². The smallest absolute Gasteiger partial charge is 0.320 e. The van der Waals surface area contributed by atoms with Gasteiger partial charge in [-0.05, 0) is 24.8 Å². The van der Waals surface area contributed by atoms with Gasteiger partial charge in [-0.1, -0.05) is 18.9 Å². The number of hydrogen-bond donors (Lipinski definition) is 0. The molecule has 0 aromatic heterocycles. The van der Waals surface area contributed by atoms with Crippen LogP contribution in [0.1, 0.15) is 25.7 Å². The zero-order valence-corrected chi connectivity index (χ0v) is 10.3. The molecule has 0 atom stereocenters. The van der Waals surface area contributed by atoms with Crippen LogP contribution in [0.15, 0.2) is 12.2 Å². The Hall–Kier alpha value is -1.76. The summed E-state index contributed by atoms with van der Waals surface area (Å²) in [6, 6.07) is 0. The van der Waals surface area contributed by atoms with Crippen LogP contribution in [0, 0.1) is 18.3 Å². The zero-order valence-electron chi connectivity index (χ0n) is 10.3. The van der Waals surface area contributed by atoms with Gasteiger partial charge in [-0.3, -0.25) is 9.59 Å². The molecule has 0 aliphatic carbocycles. The molecule has 0 saturated heterocycles. The third kappa shape index (κ3) is 5.76. The van der Waals surface area contributed by atoms with E-state index in [0.717, 1.165) is 12.0 Å². The summed E-state index contributed by atoms with van der Waals surface area (Å²) in [6.07, 6.45) is 7.73. The summed E-state index contributed by atoms with van der Waals surface area (Å²) in [5.41, 5.74) is 0.720. The number of unbranched alkanes of at least 4 members (excludes halogenated alkanes) is 1. The maximum absolute atomic E-state index is 11.3. The molecule has 0 rings (SSSR count). The highest BCUT2D eigenvalue weighted by atomic mass is 16.5. The standard InChI is InChI=1S/C13H18O4/c1-5-10(2)8-6-7-9-11(12(14)16-3)13(15)17-4/h1,11H,2,6-9H2,3-4H3. The second-order valence-electron chi connectivity index (χ2n) is 3.59. The average molecular weight is 238 g/mol. The molecule has 0 fully saturated rings. The molecule has 4 nitrogen and oxygen atoms in total. The van der Waals surface area contributed by atoms with Crippen molar-refractivity contribution in [1.29, 1.82) is 0 Å². The largest absolute Gasteiger partial charge is 0.468 e. The number of hydrogen-bond acceptors (Lipinski definition) is 4. The fourth-order valence-electron chi connectivity index (χ4n) is 1.38. The molecule has 0 aromatic rings. The predicted octanol–water partition coefficient (Wildman–Crippen LogP) is 1.70. The van der Waals surface area contributed by atoms with Gasteiger partial charge in [0.05, 0.1) is 14.2 Å². The molecule has 0 aromatic carbocycles. The number of methoxy groups -OCH3 is 2. The first-order valence-corrected chi connectivity index (χ1v) is 5.36. The third-order valence-corrected chi connectivity index (χ3v) is 2.40. The maximum atomic E-state index is 11.3. The minimum absolute atomic E-state index is 0.400. The van der Waals surface area contributed by atoms with Crippen LogP contribution >= 0.6 is 0 Å². The summed E-state index contributed by atoms with van der Waals surface area (Å²) in [4.78, 5) is 22.6. The lowest BCUT2D eigenvalue weighted by atomic mass is 10.00. The highest BCUT2D eigenvalue weighted by molar-refractivity contribution is 5.94. The number of carbonyl (C=O) groups excluding carboxylic acids is 2. The van der Waals surface area contributed by atoms with Gasteiger partial charge in [-0.15, -0.1) is 6.42 Å². The monoisotopic (exact) mass is 238 g/mol. The third-order valence-electron chi connectivity index (χ3n) is 2.40. The van der Waals surface area contributed by atoms with Crippen molar-refractivity contribution in [3.05, 3.63) is 12.2 Å². The molecule has 0 aliphatic heterocycles. The number of carbonyl (C=O) groups is 2. The van der Waals surface area contributed by atoms with Crippen molar-refractivity contribution in [3.8, 4) is 12.3 Å². The molecule has 0 amide bonds. The Bertz CT molecular complexity index is 309. The Balaban J connectivity index is 4.10. The quantitative estimate of drug-likeness (QED) is 0.293. The highest BCUT2D eigenvalue weighted by Gasteiger charge is 2.27. The Morgan fingerprint density at radius 1 is 1.24 bits per heavy atom. The molecular formula is C13H18O4. The van der Waals surface area contributed by atoms with Crippen LogP contribution in [0.3, 0.4) is 0 Å². The van der Waals surface area contributed by atoms with Crippen molar-refractivity contribution >= 4 is 11.9 Å². The van der Waals surface area contributed by atoms with Crippen LogP contribution in [-0.4, -0.2) is 26.2 Å². The van der Waals surface area contributed by atoms with Gasteiger partial charge >= 0.3 is 11.9 Å². The molecular weight excluding hydrogens is 220 g/mol. The first-order chi connectivity index (χ1) is 8.06. The predicted molar refractivity (Wildman–Crippen MR) is 64.0 cm³/mol. The number of allylic oxidation sites excluding steroid dienone is 1. The minimum atomic E-state index is -0.843. The van der Waals surface area contributed by atoms with Crippen LogP contribution in [-0.2, 0) is 19.1 Å². The molecule has 0 bridgehead atoms. The van der Waals surface area contributed by atoms with E-state index in [0.29, 0.717) is 19.3 Å². The molecule has 94 valence electrons. The van der Waals surface area contributed by atoms with Crippen LogP contribution in [0.25, 0.3) is 0 Å². The van der Waals surface area contributed by atoms with E-state index in [-0.39, 0.29) is 0 Å². The van der Waals surface area contributed by atoms with Gasteiger partial charge in [0.1, 0.15) is 0 Å². The van der Waals surface area contributed by atoms with Gasteiger partial charge < -0.3 is 9.47 Å². The number of terminal acetylenes is 1. The van der Waals surface area contributed by atoms with E-state index >= 15 is 0 Å². The first kappa shape index (κ1) is 15.2. The normalized spacial score (nSPS) is 9.53. The average Bonchev–Trinajstić information content (AvgIpc) is 2.36. The number of rotatable bonds is 7. The van der Waals surface area contributed by atoms with E-state index < -0.39 is 17.9 Å². The van der Waals surface area contributed by atoms with Crippen molar-refractivity contribution in [2.75, 3.05) is 14.2 Å². The van der Waals surface area contributed by atoms with Gasteiger partial charge in [-0.2, -0.15) is 0 Å². The Labute approximate surface area is 102 Å². The maximum Gasteiger partial charge on any atom is 0.320 e. The van der Waals surface area contributed by atoms with Crippen molar-refractivity contribution in [3.63, 3.8) is 0 Å². The summed E-state index contributed by atoms with van der Waals surface area (Å²) in [6.45, 7) is 3.67. The summed E-state index contributed by atoms with van der Waals surface area (Å²) in [5.74, 6) is 0.475. The highest BCUT2D eigenvalue weighted by Crippen LogP contribution is 2.15. The van der Waals surface area contributed by atoms with Gasteiger partial charge in [0.25, 0.3) is 0 Å². The van der Waals surface area contributed by atoms with Gasteiger partial charge in [0.15, 0.2) is 5.92 Å². The number of esters is 2. The summed E-state index contributed by atoms with van der Waals surface area (Å²) in [7, 11) is 2.50. The summed E-state index contributed by atoms with van der Waals surface area (Å²) < 4.78 is 9.09. The fraction of sp³-hybridized carbons (Fsp3) is 0.538. The SMILES string of the molecule is C#CC(=C)CCCCC(C(=O)OC)C(=O)OC. The van der Waals surface area contributed by atoms with Crippen molar-refractivity contribution in [2.45, 2.75) is 25.7 Å². The molecule has 0 N–H and O–H groups in total. The van der Waals surface area contributed by atoms with E-state index in [4.69, 9.17) is 6.42 Å². The van der Waals surface area contributed by atoms with Crippen LogP contribution in [0.2, 0.25) is 0 Å². The van der Waals surface area contributed by atoms with Gasteiger partial charge in [0.2, 0.25) is 0 Å². The van der Waals surface area contributed by atoms with Crippen LogP contribution in [0.5, 0.6) is 0 Å². The molecule has 17 heavy (non-hydrogen) atoms. The Morgan fingerprint density at radius 2 is 1.76 bits per heavy atom. The van der Waals surface area contributed by atoms with E-state index in [1.165, 1.54) is 14.2 Å². The van der Waals surface area contributed by atoms with Crippen molar-refractivity contribution < 1.29 is 19.1 Å². The molecule has 0 radical (unpaired) electrons. The lowest BCUT2D eigenvalue weighted by molar-refractivity contribution is -0.159. The van der Waals surface area contributed by atoms with Gasteiger partial charge in [0, 0.05) is 0 Å². The lowest BCUT2D eigenvalue weighted by Crippen LogP contribution is -2.26. The molecule has 0 saturated carbocycles. The van der Waals surface area contributed by atoms with Crippen molar-refractivity contribution in [2.24, 2.45) is 5.92 Å². The molecule has 0 unspecified atom stereocenters. The Morgan fingerprint density at radius 3 is 2.18 bits per heavy atom. The van der Waals surface area contributed by atoms with E-state index in [1.54, 1.807) is 0 Å². The minimum Gasteiger partial charge on any atom is -0.468 e. The van der Waals surface area contributed by atoms with Gasteiger partial charge in [-0.25, -0.2) is 0 Å². The van der Waals surface area contributed by atoms with Crippen LogP contribution < -0.4 is 0 Å². The molecule has 0 aliphatic rings. The molecule has 0 heterocycles.